The normalized spacial score (nSPS) is 20.0. The lowest BCUT2D eigenvalue weighted by atomic mass is 9.79. The summed E-state index contributed by atoms with van der Waals surface area (Å²) >= 11 is 0. The second-order valence-corrected chi connectivity index (χ2v) is 12.4. The molecule has 2 saturated heterocycles. The number of para-hydroxylation sites is 1. The number of piperidine rings is 1. The summed E-state index contributed by atoms with van der Waals surface area (Å²) in [4.78, 5) is 51.0. The number of amidine groups is 1. The van der Waals surface area contributed by atoms with Crippen molar-refractivity contribution in [2.45, 2.75) is 31.6 Å². The Balaban J connectivity index is 0.00000605. The van der Waals surface area contributed by atoms with Crippen molar-refractivity contribution >= 4 is 29.2 Å². The van der Waals surface area contributed by atoms with Crippen LogP contribution in [0.1, 0.15) is 41.3 Å². The number of morpholine rings is 1. The highest BCUT2D eigenvalue weighted by Crippen LogP contribution is 2.37. The summed E-state index contributed by atoms with van der Waals surface area (Å²) in [6.45, 7) is 9.20. The fourth-order valence-electron chi connectivity index (χ4n) is 6.30. The van der Waals surface area contributed by atoms with Crippen LogP contribution in [0.15, 0.2) is 108 Å². The lowest BCUT2D eigenvalue weighted by Gasteiger charge is -2.40. The molecule has 3 aromatic carbocycles. The summed E-state index contributed by atoms with van der Waals surface area (Å²) in [6.07, 6.45) is -3.33. The molecule has 3 amide bonds. The Morgan fingerprint density at radius 1 is 1.08 bits per heavy atom. The molecule has 2 heterocycles. The summed E-state index contributed by atoms with van der Waals surface area (Å²) in [6, 6.07) is 18.9. The average Bonchev–Trinajstić information content (AvgIpc) is 3.13. The first-order valence-electron chi connectivity index (χ1n) is 16.6. The van der Waals surface area contributed by atoms with Gasteiger partial charge in [-0.05, 0) is 48.4 Å². The van der Waals surface area contributed by atoms with Crippen molar-refractivity contribution in [3.8, 4) is 0 Å². The van der Waals surface area contributed by atoms with Crippen LogP contribution in [0.25, 0.3) is 0 Å². The van der Waals surface area contributed by atoms with E-state index in [-0.39, 0.29) is 31.8 Å². The molecule has 0 bridgehead atoms. The third kappa shape index (κ3) is 8.73. The molecule has 51 heavy (non-hydrogen) atoms. The predicted octanol–water partition coefficient (Wildman–Crippen LogP) is 5.12. The molecule has 270 valence electrons. The molecule has 10 nitrogen and oxygen atoms in total. The summed E-state index contributed by atoms with van der Waals surface area (Å²) in [5.41, 5.74) is 7.78. The summed E-state index contributed by atoms with van der Waals surface area (Å²) in [5, 5.41) is 2.72. The highest BCUT2D eigenvalue weighted by atomic mass is 19.4. The molecule has 5 rings (SSSR count). The van der Waals surface area contributed by atoms with Crippen molar-refractivity contribution in [1.82, 2.24) is 20.0 Å². The van der Waals surface area contributed by atoms with Gasteiger partial charge in [0.25, 0.3) is 17.7 Å². The zero-order valence-electron chi connectivity index (χ0n) is 28.5. The lowest BCUT2D eigenvalue weighted by molar-refractivity contribution is -0.137. The number of hydrogen-bond donors (Lipinski definition) is 2. The fourth-order valence-corrected chi connectivity index (χ4v) is 6.30. The van der Waals surface area contributed by atoms with Gasteiger partial charge in [0, 0.05) is 70.0 Å². The van der Waals surface area contributed by atoms with Crippen LogP contribution < -0.4 is 11.1 Å². The number of alkyl halides is 3. The van der Waals surface area contributed by atoms with Gasteiger partial charge in [0.1, 0.15) is 11.9 Å². The third-order valence-electron chi connectivity index (χ3n) is 8.84. The van der Waals surface area contributed by atoms with E-state index in [1.54, 1.807) is 55.3 Å². The average molecular weight is 705 g/mol. The summed E-state index contributed by atoms with van der Waals surface area (Å²) in [7, 11) is 1.68. The van der Waals surface area contributed by atoms with Gasteiger partial charge in [0.15, 0.2) is 0 Å². The van der Waals surface area contributed by atoms with E-state index in [1.165, 1.54) is 17.2 Å². The molecular weight excluding hydrogens is 661 g/mol. The van der Waals surface area contributed by atoms with E-state index in [0.29, 0.717) is 55.2 Å². The van der Waals surface area contributed by atoms with Crippen LogP contribution in [-0.4, -0.2) is 90.7 Å². The van der Waals surface area contributed by atoms with Crippen LogP contribution in [-0.2, 0) is 27.0 Å². The van der Waals surface area contributed by atoms with Crippen LogP contribution in [0.2, 0.25) is 0 Å². The number of nitrogens with zero attached hydrogens (tertiary/aromatic N) is 4. The summed E-state index contributed by atoms with van der Waals surface area (Å²) in [5.74, 6) is -2.20. The van der Waals surface area contributed by atoms with Gasteiger partial charge in [-0.15, -0.1) is 0 Å². The molecule has 0 unspecified atom stereocenters. The van der Waals surface area contributed by atoms with E-state index < -0.39 is 35.5 Å². The van der Waals surface area contributed by atoms with E-state index in [9.17, 15) is 27.6 Å². The van der Waals surface area contributed by atoms with Crippen molar-refractivity contribution < 1.29 is 33.7 Å². The zero-order chi connectivity index (χ0) is 36.7. The SMILES string of the molecule is C=C(CN1CCOCC1)C(=O)N(C)Cc1cccc([C@@H]2/C(=C/N)C(=Nc3ccccc3)N(CC)C(=O)[C@H]2NC(=O)c2cccc(C(F)(F)F)c2)c1.[HH]. The number of amides is 3. The first-order valence-corrected chi connectivity index (χ1v) is 16.6. The Morgan fingerprint density at radius 3 is 2.45 bits per heavy atom. The number of hydrogen-bond acceptors (Lipinski definition) is 7. The van der Waals surface area contributed by atoms with Crippen LogP contribution in [0.5, 0.6) is 0 Å². The molecule has 2 aliphatic rings. The van der Waals surface area contributed by atoms with Gasteiger partial charge >= 0.3 is 6.18 Å². The van der Waals surface area contributed by atoms with Gasteiger partial charge in [-0.2, -0.15) is 13.2 Å². The van der Waals surface area contributed by atoms with Crippen molar-refractivity contribution in [2.75, 3.05) is 46.4 Å². The number of carbonyl (C=O) groups excluding carboxylic acids is 3. The number of rotatable bonds is 10. The molecule has 0 aliphatic carbocycles. The highest BCUT2D eigenvalue weighted by Gasteiger charge is 2.45. The van der Waals surface area contributed by atoms with Gasteiger partial charge in [-0.25, -0.2) is 4.99 Å². The van der Waals surface area contributed by atoms with Crippen molar-refractivity contribution in [1.29, 1.82) is 0 Å². The van der Waals surface area contributed by atoms with E-state index in [2.05, 4.69) is 16.8 Å². The van der Waals surface area contributed by atoms with E-state index in [0.717, 1.165) is 23.8 Å². The number of likely N-dealkylation sites (N-methyl/N-ethyl adjacent to an activating group) is 2. The minimum absolute atomic E-state index is 0. The van der Waals surface area contributed by atoms with Crippen molar-refractivity contribution in [3.63, 3.8) is 0 Å². The Morgan fingerprint density at radius 2 is 1.78 bits per heavy atom. The molecule has 2 fully saturated rings. The van der Waals surface area contributed by atoms with E-state index in [1.807, 2.05) is 18.2 Å². The van der Waals surface area contributed by atoms with E-state index >= 15 is 0 Å². The highest BCUT2D eigenvalue weighted by molar-refractivity contribution is 6.15. The number of nitrogens with two attached hydrogens (primary N) is 1. The Bertz CT molecular complexity index is 1830. The van der Waals surface area contributed by atoms with E-state index in [4.69, 9.17) is 15.5 Å². The lowest BCUT2D eigenvalue weighted by Crippen LogP contribution is -2.59. The van der Waals surface area contributed by atoms with Crippen LogP contribution in [0.3, 0.4) is 0 Å². The van der Waals surface area contributed by atoms with Gasteiger partial charge < -0.3 is 20.7 Å². The van der Waals surface area contributed by atoms with Crippen LogP contribution in [0.4, 0.5) is 18.9 Å². The van der Waals surface area contributed by atoms with Gasteiger partial charge in [-0.1, -0.05) is 55.1 Å². The Kier molecular flexibility index (Phi) is 11.7. The smallest absolute Gasteiger partial charge is 0.404 e. The van der Waals surface area contributed by atoms with Crippen LogP contribution >= 0.6 is 0 Å². The predicted molar refractivity (Wildman–Crippen MR) is 190 cm³/mol. The van der Waals surface area contributed by atoms with Crippen molar-refractivity contribution in [2.24, 2.45) is 10.7 Å². The third-order valence-corrected chi connectivity index (χ3v) is 8.84. The zero-order valence-corrected chi connectivity index (χ0v) is 28.5. The molecule has 0 saturated carbocycles. The molecule has 13 heteroatoms. The molecule has 0 aromatic heterocycles. The summed E-state index contributed by atoms with van der Waals surface area (Å²) < 4.78 is 45.9. The van der Waals surface area contributed by atoms with Crippen LogP contribution in [0, 0.1) is 0 Å². The number of nitrogens with one attached hydrogen (secondary N) is 1. The monoisotopic (exact) mass is 704 g/mol. The molecule has 0 spiro atoms. The first kappa shape index (κ1) is 37.0. The Labute approximate surface area is 296 Å². The second kappa shape index (κ2) is 16.2. The second-order valence-electron chi connectivity index (χ2n) is 12.4. The maximum atomic E-state index is 14.3. The first-order chi connectivity index (χ1) is 24.4. The fraction of sp³-hybridized carbons (Fsp3) is 0.316. The molecule has 2 atom stereocenters. The standard InChI is InChI=1S/C38H41F3N6O4.H2/c1-4-47-34(43-30-14-6-5-7-15-30)31(22-42)32(33(37(47)50)44-35(48)28-12-9-13-29(21-28)38(39,40)41)27-11-8-10-26(20-27)24-45(3)36(49)25(2)23-46-16-18-51-19-17-46;/h5-15,20-22,32-33H,2,4,16-19,23-24,42H2,1,3H3,(H,44,48);1H/b31-22-,43-34?;/t32-,33+;/m1./s1. The molecule has 3 aromatic rings. The van der Waals surface area contributed by atoms with Gasteiger partial charge in [-0.3, -0.25) is 24.2 Å². The number of benzene rings is 3. The number of halogens is 3. The minimum Gasteiger partial charge on any atom is -0.404 e. The number of carbonyl (C=O) groups is 3. The van der Waals surface area contributed by atoms with Gasteiger partial charge in [0.05, 0.1) is 24.5 Å². The molecule has 0 radical (unpaired) electrons. The Hall–Kier alpha value is -5.27. The number of ether oxygens (including phenoxy) is 1. The molecular formula is C38H43F3N6O4. The quantitative estimate of drug-likeness (QED) is 0.283. The molecule has 2 aliphatic heterocycles. The minimum atomic E-state index is -4.67. The van der Waals surface area contributed by atoms with Crippen molar-refractivity contribution in [3.05, 3.63) is 125 Å². The maximum Gasteiger partial charge on any atom is 0.416 e. The topological polar surface area (TPSA) is 121 Å². The maximum absolute atomic E-state index is 14.3. The van der Waals surface area contributed by atoms with Gasteiger partial charge in [0.2, 0.25) is 0 Å². The number of likely N-dealkylation sites (tertiary alicyclic amines) is 1. The number of aliphatic imine (C=N–C) groups is 1. The molecule has 3 N–H and O–H groups in total. The largest absolute Gasteiger partial charge is 0.416 e.